The molecule has 2 heterocycles. The summed E-state index contributed by atoms with van der Waals surface area (Å²) in [5, 5.41) is 9.50. The van der Waals surface area contributed by atoms with Crippen molar-refractivity contribution in [2.75, 3.05) is 11.5 Å². The Bertz CT molecular complexity index is 484. The molecule has 1 aliphatic heterocycles. The predicted molar refractivity (Wildman–Crippen MR) is 60.3 cm³/mol. The lowest BCUT2D eigenvalue weighted by atomic mass is 10.2. The Morgan fingerprint density at radius 2 is 2.06 bits per heavy atom. The van der Waals surface area contributed by atoms with Crippen molar-refractivity contribution >= 4 is 16.1 Å². The van der Waals surface area contributed by atoms with Crippen molar-refractivity contribution in [3.05, 3.63) is 30.1 Å². The largest absolute Gasteiger partial charge is 0.390 e. The number of aliphatic hydroxyl groups is 1. The van der Waals surface area contributed by atoms with Crippen molar-refractivity contribution in [1.82, 2.24) is 4.98 Å². The lowest BCUT2D eigenvalue weighted by Gasteiger charge is -2.05. The van der Waals surface area contributed by atoms with E-state index < -0.39 is 22.0 Å². The second-order valence-corrected chi connectivity index (χ2v) is 5.92. The Hall–Kier alpha value is -1.27. The average molecular weight is 240 g/mol. The fourth-order valence-corrected chi connectivity index (χ4v) is 3.29. The highest BCUT2D eigenvalue weighted by Crippen LogP contribution is 2.15. The lowest BCUT2D eigenvalue weighted by Crippen LogP contribution is -2.21. The van der Waals surface area contributed by atoms with Crippen LogP contribution in [-0.2, 0) is 9.84 Å². The zero-order chi connectivity index (χ0) is 11.6. The number of pyridine rings is 1. The van der Waals surface area contributed by atoms with Crippen LogP contribution in [0.1, 0.15) is 5.56 Å². The molecule has 16 heavy (non-hydrogen) atoms. The van der Waals surface area contributed by atoms with Gasteiger partial charge in [-0.25, -0.2) is 8.42 Å². The van der Waals surface area contributed by atoms with Gasteiger partial charge in [-0.05, 0) is 17.7 Å². The minimum atomic E-state index is -3.13. The summed E-state index contributed by atoms with van der Waals surface area (Å²) >= 11 is 0. The van der Waals surface area contributed by atoms with Gasteiger partial charge in [0.1, 0.15) is 0 Å². The number of nitrogens with zero attached hydrogens (tertiary/aromatic N) is 2. The van der Waals surface area contributed by atoms with E-state index in [4.69, 9.17) is 0 Å². The van der Waals surface area contributed by atoms with Gasteiger partial charge < -0.3 is 5.11 Å². The van der Waals surface area contributed by atoms with E-state index in [1.54, 1.807) is 30.7 Å². The third kappa shape index (κ3) is 2.65. The molecule has 2 atom stereocenters. The Morgan fingerprint density at radius 1 is 1.38 bits per heavy atom. The number of aliphatic imine (C=N–C) groups is 1. The SMILES string of the molecule is O=S1(=O)C[C@@H](O)[C@@H](N=Cc2ccncc2)C1. The standard InChI is InChI=1S/C10H12N2O3S/c13-10-7-16(14,15)6-9(10)12-5-8-1-3-11-4-2-8/h1-5,9-10,13H,6-7H2/t9-,10+/m0/s1. The maximum Gasteiger partial charge on any atom is 0.155 e. The van der Waals surface area contributed by atoms with Crippen molar-refractivity contribution in [2.45, 2.75) is 12.1 Å². The molecular formula is C10H12N2O3S. The molecule has 0 aliphatic carbocycles. The summed E-state index contributed by atoms with van der Waals surface area (Å²) in [7, 11) is -3.13. The smallest absolute Gasteiger partial charge is 0.155 e. The topological polar surface area (TPSA) is 79.6 Å². The highest BCUT2D eigenvalue weighted by Gasteiger charge is 2.35. The fraction of sp³-hybridized carbons (Fsp3) is 0.400. The van der Waals surface area contributed by atoms with Gasteiger partial charge in [-0.1, -0.05) is 0 Å². The summed E-state index contributed by atoms with van der Waals surface area (Å²) in [4.78, 5) is 7.94. The molecule has 6 heteroatoms. The quantitative estimate of drug-likeness (QED) is 0.717. The van der Waals surface area contributed by atoms with Gasteiger partial charge >= 0.3 is 0 Å². The molecule has 1 saturated heterocycles. The molecule has 1 N–H and O–H groups in total. The second-order valence-electron chi connectivity index (χ2n) is 3.77. The van der Waals surface area contributed by atoms with Crippen LogP contribution >= 0.6 is 0 Å². The van der Waals surface area contributed by atoms with Gasteiger partial charge in [0.05, 0.1) is 23.7 Å². The van der Waals surface area contributed by atoms with Crippen molar-refractivity contribution in [3.63, 3.8) is 0 Å². The van der Waals surface area contributed by atoms with Gasteiger partial charge in [-0.15, -0.1) is 0 Å². The van der Waals surface area contributed by atoms with E-state index in [0.29, 0.717) is 0 Å². The molecule has 0 amide bonds. The molecule has 1 aliphatic rings. The molecular weight excluding hydrogens is 228 g/mol. The van der Waals surface area contributed by atoms with Crippen LogP contribution < -0.4 is 0 Å². The van der Waals surface area contributed by atoms with Crippen LogP contribution in [0.5, 0.6) is 0 Å². The predicted octanol–water partition coefficient (Wildman–Crippen LogP) is -0.342. The molecule has 0 saturated carbocycles. The molecule has 1 aromatic rings. The summed E-state index contributed by atoms with van der Waals surface area (Å²) in [6.45, 7) is 0. The Balaban J connectivity index is 2.09. The number of rotatable bonds is 2. The Labute approximate surface area is 93.8 Å². The first-order chi connectivity index (χ1) is 7.57. The van der Waals surface area contributed by atoms with Crippen molar-refractivity contribution in [3.8, 4) is 0 Å². The first kappa shape index (κ1) is 11.2. The molecule has 5 nitrogen and oxygen atoms in total. The van der Waals surface area contributed by atoms with Crippen LogP contribution in [0.3, 0.4) is 0 Å². The van der Waals surface area contributed by atoms with Crippen molar-refractivity contribution in [1.29, 1.82) is 0 Å². The van der Waals surface area contributed by atoms with Gasteiger partial charge in [0.15, 0.2) is 9.84 Å². The van der Waals surface area contributed by atoms with Gasteiger partial charge in [0.2, 0.25) is 0 Å². The van der Waals surface area contributed by atoms with E-state index >= 15 is 0 Å². The summed E-state index contributed by atoms with van der Waals surface area (Å²) in [5.41, 5.74) is 0.839. The Morgan fingerprint density at radius 3 is 2.62 bits per heavy atom. The van der Waals surface area contributed by atoms with Crippen LogP contribution in [0.4, 0.5) is 0 Å². The maximum atomic E-state index is 11.2. The maximum absolute atomic E-state index is 11.2. The van der Waals surface area contributed by atoms with E-state index in [0.717, 1.165) is 5.56 Å². The zero-order valence-electron chi connectivity index (χ0n) is 8.52. The van der Waals surface area contributed by atoms with E-state index in [9.17, 15) is 13.5 Å². The molecule has 0 bridgehead atoms. The number of sulfone groups is 1. The van der Waals surface area contributed by atoms with E-state index in [-0.39, 0.29) is 11.5 Å². The van der Waals surface area contributed by atoms with Gasteiger partial charge in [0, 0.05) is 18.6 Å². The third-order valence-electron chi connectivity index (χ3n) is 2.41. The molecule has 1 aromatic heterocycles. The van der Waals surface area contributed by atoms with E-state index in [1.807, 2.05) is 0 Å². The van der Waals surface area contributed by atoms with Gasteiger partial charge in [0.25, 0.3) is 0 Å². The highest BCUT2D eigenvalue weighted by molar-refractivity contribution is 7.91. The first-order valence-corrected chi connectivity index (χ1v) is 6.71. The monoisotopic (exact) mass is 240 g/mol. The van der Waals surface area contributed by atoms with Crippen molar-refractivity contribution in [2.24, 2.45) is 4.99 Å². The highest BCUT2D eigenvalue weighted by atomic mass is 32.2. The van der Waals surface area contributed by atoms with Crippen LogP contribution in [0, 0.1) is 0 Å². The van der Waals surface area contributed by atoms with Gasteiger partial charge in [-0.3, -0.25) is 9.98 Å². The second kappa shape index (κ2) is 4.31. The molecule has 0 unspecified atom stereocenters. The first-order valence-electron chi connectivity index (χ1n) is 4.88. The summed E-state index contributed by atoms with van der Waals surface area (Å²) < 4.78 is 22.4. The average Bonchev–Trinajstić information content (AvgIpc) is 2.50. The molecule has 0 radical (unpaired) electrons. The van der Waals surface area contributed by atoms with E-state index in [2.05, 4.69) is 9.98 Å². The molecule has 2 rings (SSSR count). The number of aliphatic hydroxyl groups excluding tert-OH is 1. The number of aromatic nitrogens is 1. The lowest BCUT2D eigenvalue weighted by molar-refractivity contribution is 0.184. The summed E-state index contributed by atoms with van der Waals surface area (Å²) in [6.07, 6.45) is 3.94. The molecule has 0 spiro atoms. The normalized spacial score (nSPS) is 28.6. The van der Waals surface area contributed by atoms with Crippen LogP contribution in [0.2, 0.25) is 0 Å². The van der Waals surface area contributed by atoms with Crippen LogP contribution in [-0.4, -0.2) is 48.4 Å². The molecule has 0 aromatic carbocycles. The minimum absolute atomic E-state index is 0.0737. The fourth-order valence-electron chi connectivity index (χ4n) is 1.58. The minimum Gasteiger partial charge on any atom is -0.390 e. The van der Waals surface area contributed by atoms with Crippen LogP contribution in [0.25, 0.3) is 0 Å². The number of hydrogen-bond acceptors (Lipinski definition) is 5. The third-order valence-corrected chi connectivity index (χ3v) is 4.11. The zero-order valence-corrected chi connectivity index (χ0v) is 9.34. The molecule has 1 fully saturated rings. The Kier molecular flexibility index (Phi) is 3.02. The van der Waals surface area contributed by atoms with Crippen LogP contribution in [0.15, 0.2) is 29.5 Å². The number of hydrogen-bond donors (Lipinski definition) is 1. The van der Waals surface area contributed by atoms with Gasteiger partial charge in [-0.2, -0.15) is 0 Å². The summed E-state index contributed by atoms with van der Waals surface area (Å²) in [6, 6.07) is 2.98. The van der Waals surface area contributed by atoms with Crippen molar-refractivity contribution < 1.29 is 13.5 Å². The van der Waals surface area contributed by atoms with E-state index in [1.165, 1.54) is 0 Å². The summed E-state index contributed by atoms with van der Waals surface area (Å²) in [5.74, 6) is -0.263. The molecule has 86 valence electrons.